The van der Waals surface area contributed by atoms with E-state index in [1.165, 1.54) is 11.8 Å². The molecular formula is C21H27N3O2S. The van der Waals surface area contributed by atoms with E-state index in [4.69, 9.17) is 0 Å². The van der Waals surface area contributed by atoms with Crippen molar-refractivity contribution in [2.45, 2.75) is 57.7 Å². The van der Waals surface area contributed by atoms with E-state index in [0.29, 0.717) is 11.5 Å². The van der Waals surface area contributed by atoms with E-state index in [2.05, 4.69) is 31.8 Å². The third-order valence-corrected chi connectivity index (χ3v) is 6.22. The summed E-state index contributed by atoms with van der Waals surface area (Å²) in [6.45, 7) is 9.92. The van der Waals surface area contributed by atoms with Gasteiger partial charge in [-0.3, -0.25) is 9.59 Å². The van der Waals surface area contributed by atoms with Crippen molar-refractivity contribution in [3.63, 3.8) is 0 Å². The number of nitrogens with zero attached hydrogens (tertiary/aromatic N) is 3. The van der Waals surface area contributed by atoms with Gasteiger partial charge in [-0.05, 0) is 57.2 Å². The van der Waals surface area contributed by atoms with Crippen molar-refractivity contribution in [3.8, 4) is 0 Å². The van der Waals surface area contributed by atoms with E-state index in [-0.39, 0.29) is 23.0 Å². The summed E-state index contributed by atoms with van der Waals surface area (Å²) in [6, 6.07) is 4.02. The maximum absolute atomic E-state index is 13.3. The van der Waals surface area contributed by atoms with Crippen molar-refractivity contribution < 1.29 is 9.59 Å². The molecule has 1 unspecified atom stereocenters. The topological polar surface area (TPSA) is 55.2 Å². The maximum Gasteiger partial charge on any atom is 0.237 e. The van der Waals surface area contributed by atoms with Crippen LogP contribution in [0, 0.1) is 6.92 Å². The third kappa shape index (κ3) is 3.68. The second-order valence-electron chi connectivity index (χ2n) is 8.06. The zero-order valence-electron chi connectivity index (χ0n) is 16.9. The largest absolute Gasteiger partial charge is 0.329 e. The summed E-state index contributed by atoms with van der Waals surface area (Å²) in [6.07, 6.45) is 4.45. The molecule has 0 fully saturated rings. The molecule has 0 bridgehead atoms. The van der Waals surface area contributed by atoms with Gasteiger partial charge in [0.15, 0.2) is 10.9 Å². The number of ketones is 1. The number of carbonyl (C=O) groups is 2. The van der Waals surface area contributed by atoms with E-state index in [0.717, 1.165) is 28.4 Å². The van der Waals surface area contributed by atoms with Crippen molar-refractivity contribution in [1.29, 1.82) is 0 Å². The molecule has 0 radical (unpaired) electrons. The van der Waals surface area contributed by atoms with Crippen LogP contribution in [-0.2, 0) is 11.8 Å². The summed E-state index contributed by atoms with van der Waals surface area (Å²) >= 11 is 1.42. The lowest BCUT2D eigenvalue weighted by Crippen LogP contribution is -2.53. The summed E-state index contributed by atoms with van der Waals surface area (Å²) in [5, 5.41) is 0.808. The molecule has 0 N–H and O–H groups in total. The van der Waals surface area contributed by atoms with Crippen LogP contribution >= 0.6 is 11.8 Å². The lowest BCUT2D eigenvalue weighted by molar-refractivity contribution is -0.117. The highest BCUT2D eigenvalue weighted by Crippen LogP contribution is 2.46. The average molecular weight is 386 g/mol. The van der Waals surface area contributed by atoms with Gasteiger partial charge in [-0.25, -0.2) is 4.98 Å². The number of hydrogen-bond acceptors (Lipinski definition) is 4. The summed E-state index contributed by atoms with van der Waals surface area (Å²) in [5.74, 6) is 0.578. The molecule has 1 aliphatic rings. The first-order valence-electron chi connectivity index (χ1n) is 9.20. The molecule has 1 aliphatic heterocycles. The Morgan fingerprint density at radius 2 is 2.04 bits per heavy atom. The standard InChI is InChI=1S/C21H27N3O2S/c1-13-9-16-14(2)11-21(4,5)24(19(16)17(10-13)15(3)25)18(26)12-27-20-22-7-8-23(20)6/h7-10,14H,11-12H2,1-6H3. The molecule has 5 nitrogen and oxygen atoms in total. The van der Waals surface area contributed by atoms with Crippen molar-refractivity contribution >= 4 is 29.1 Å². The lowest BCUT2D eigenvalue weighted by atomic mass is 9.78. The second-order valence-corrected chi connectivity index (χ2v) is 9.01. The number of aryl methyl sites for hydroxylation is 2. The van der Waals surface area contributed by atoms with Gasteiger partial charge in [0, 0.05) is 30.5 Å². The van der Waals surface area contributed by atoms with Gasteiger partial charge in [-0.1, -0.05) is 24.8 Å². The average Bonchev–Trinajstić information content (AvgIpc) is 2.97. The quantitative estimate of drug-likeness (QED) is 0.580. The van der Waals surface area contributed by atoms with Crippen LogP contribution in [0.25, 0.3) is 0 Å². The normalized spacial score (nSPS) is 18.3. The molecule has 0 aliphatic carbocycles. The predicted octanol–water partition coefficient (Wildman–Crippen LogP) is 4.34. The number of imidazole rings is 1. The lowest BCUT2D eigenvalue weighted by Gasteiger charge is -2.47. The van der Waals surface area contributed by atoms with Crippen molar-refractivity contribution in [1.82, 2.24) is 9.55 Å². The monoisotopic (exact) mass is 385 g/mol. The highest BCUT2D eigenvalue weighted by atomic mass is 32.2. The minimum absolute atomic E-state index is 0.00518. The van der Waals surface area contributed by atoms with Crippen LogP contribution in [0.3, 0.4) is 0 Å². The van der Waals surface area contributed by atoms with Gasteiger partial charge >= 0.3 is 0 Å². The number of thioether (sulfide) groups is 1. The fourth-order valence-corrected chi connectivity index (χ4v) is 4.88. The van der Waals surface area contributed by atoms with Crippen molar-refractivity contribution in [2.75, 3.05) is 10.7 Å². The first-order chi connectivity index (χ1) is 12.6. The molecule has 3 rings (SSSR count). The number of fused-ring (bicyclic) bond motifs is 1. The summed E-state index contributed by atoms with van der Waals surface area (Å²) in [5.41, 5.74) is 3.22. The zero-order valence-corrected chi connectivity index (χ0v) is 17.7. The van der Waals surface area contributed by atoms with E-state index < -0.39 is 0 Å². The molecule has 1 aromatic carbocycles. The van der Waals surface area contributed by atoms with Crippen LogP contribution in [0.1, 0.15) is 61.5 Å². The summed E-state index contributed by atoms with van der Waals surface area (Å²) < 4.78 is 1.90. The van der Waals surface area contributed by atoms with Crippen molar-refractivity contribution in [2.24, 2.45) is 7.05 Å². The Labute approximate surface area is 165 Å². The second kappa shape index (κ2) is 7.15. The first-order valence-corrected chi connectivity index (χ1v) is 10.2. The number of Topliss-reactive ketones (excluding diaryl/α,β-unsaturated/α-hetero) is 1. The molecule has 1 amide bonds. The van der Waals surface area contributed by atoms with Gasteiger partial charge in [0.1, 0.15) is 0 Å². The van der Waals surface area contributed by atoms with Crippen molar-refractivity contribution in [3.05, 3.63) is 41.2 Å². The number of amides is 1. The van der Waals surface area contributed by atoms with Crippen LogP contribution in [-0.4, -0.2) is 32.5 Å². The Morgan fingerprint density at radius 3 is 2.63 bits per heavy atom. The molecule has 27 heavy (non-hydrogen) atoms. The number of rotatable bonds is 4. The molecule has 0 saturated carbocycles. The SMILES string of the molecule is CC(=O)c1cc(C)cc2c1N(C(=O)CSc1nccn1C)C(C)(C)CC2C. The summed E-state index contributed by atoms with van der Waals surface area (Å²) in [4.78, 5) is 31.8. The third-order valence-electron chi connectivity index (χ3n) is 5.18. The minimum Gasteiger partial charge on any atom is -0.329 e. The Morgan fingerprint density at radius 1 is 1.33 bits per heavy atom. The van der Waals surface area contributed by atoms with Gasteiger partial charge in [-0.15, -0.1) is 0 Å². The predicted molar refractivity (Wildman–Crippen MR) is 110 cm³/mol. The minimum atomic E-state index is -0.356. The fraction of sp³-hybridized carbons (Fsp3) is 0.476. The summed E-state index contributed by atoms with van der Waals surface area (Å²) in [7, 11) is 1.91. The molecule has 2 aromatic rings. The highest BCUT2D eigenvalue weighted by molar-refractivity contribution is 7.99. The molecule has 1 aromatic heterocycles. The molecule has 0 spiro atoms. The Hall–Kier alpha value is -2.08. The molecule has 6 heteroatoms. The maximum atomic E-state index is 13.3. The number of aromatic nitrogens is 2. The van der Waals surface area contributed by atoms with E-state index in [1.807, 2.05) is 35.7 Å². The zero-order chi connectivity index (χ0) is 19.9. The molecule has 1 atom stereocenters. The number of anilines is 1. The van der Waals surface area contributed by atoms with Gasteiger partial charge in [0.25, 0.3) is 0 Å². The fourth-order valence-electron chi connectivity index (χ4n) is 4.10. The highest BCUT2D eigenvalue weighted by Gasteiger charge is 2.41. The molecule has 2 heterocycles. The van der Waals surface area contributed by atoms with E-state index >= 15 is 0 Å². The Bertz CT molecular complexity index is 901. The van der Waals surface area contributed by atoms with Crippen LogP contribution in [0.4, 0.5) is 5.69 Å². The van der Waals surface area contributed by atoms with Crippen LogP contribution in [0.2, 0.25) is 0 Å². The van der Waals surface area contributed by atoms with Crippen LogP contribution in [0.15, 0.2) is 29.7 Å². The molecule has 144 valence electrons. The number of carbonyl (C=O) groups excluding carboxylic acids is 2. The van der Waals surface area contributed by atoms with Gasteiger partial charge in [-0.2, -0.15) is 0 Å². The van der Waals surface area contributed by atoms with Crippen LogP contribution < -0.4 is 4.90 Å². The Kier molecular flexibility index (Phi) is 5.21. The molecular weight excluding hydrogens is 358 g/mol. The number of benzene rings is 1. The smallest absolute Gasteiger partial charge is 0.237 e. The molecule has 0 saturated heterocycles. The van der Waals surface area contributed by atoms with Gasteiger partial charge < -0.3 is 9.47 Å². The number of hydrogen-bond donors (Lipinski definition) is 0. The first kappa shape index (κ1) is 19.7. The van der Waals surface area contributed by atoms with Crippen LogP contribution in [0.5, 0.6) is 0 Å². The van der Waals surface area contributed by atoms with E-state index in [9.17, 15) is 9.59 Å². The van der Waals surface area contributed by atoms with Gasteiger partial charge in [0.05, 0.1) is 11.4 Å². The van der Waals surface area contributed by atoms with Gasteiger partial charge in [0.2, 0.25) is 5.91 Å². The van der Waals surface area contributed by atoms with E-state index in [1.54, 1.807) is 13.1 Å². The Balaban J connectivity index is 2.03.